The van der Waals surface area contributed by atoms with Crippen molar-refractivity contribution in [1.29, 1.82) is 0 Å². The zero-order valence-electron chi connectivity index (χ0n) is 9.61. The van der Waals surface area contributed by atoms with E-state index in [4.69, 9.17) is 4.74 Å². The number of aliphatic hydroxyl groups excluding tert-OH is 1. The molecule has 0 radical (unpaired) electrons. The van der Waals surface area contributed by atoms with Gasteiger partial charge in [0.05, 0.1) is 28.6 Å². The van der Waals surface area contributed by atoms with Crippen LogP contribution in [0.4, 0.5) is 0 Å². The van der Waals surface area contributed by atoms with Crippen molar-refractivity contribution in [3.63, 3.8) is 0 Å². The van der Waals surface area contributed by atoms with Crippen LogP contribution in [0.3, 0.4) is 0 Å². The predicted octanol–water partition coefficient (Wildman–Crippen LogP) is 1.43. The second kappa shape index (κ2) is 4.85. The average molecular weight is 289 g/mol. The van der Waals surface area contributed by atoms with Crippen LogP contribution < -0.4 is 0 Å². The Morgan fingerprint density at radius 2 is 2.44 bits per heavy atom. The van der Waals surface area contributed by atoms with Crippen LogP contribution in [-0.2, 0) is 18.2 Å². The highest BCUT2D eigenvalue weighted by atomic mass is 79.9. The maximum absolute atomic E-state index is 10.1. The number of halogens is 1. The van der Waals surface area contributed by atoms with E-state index in [-0.39, 0.29) is 12.0 Å². The SMILES string of the molecule is Cc1nn(C)c(CC(O)C2CCOC2)c1Br. The third-order valence-corrected chi connectivity index (χ3v) is 4.20. The summed E-state index contributed by atoms with van der Waals surface area (Å²) in [7, 11) is 1.91. The Bertz CT molecular complexity index is 372. The molecule has 0 saturated carbocycles. The molecule has 1 aliphatic heterocycles. The van der Waals surface area contributed by atoms with E-state index in [1.165, 1.54) is 0 Å². The van der Waals surface area contributed by atoms with Crippen molar-refractivity contribution in [2.24, 2.45) is 13.0 Å². The van der Waals surface area contributed by atoms with Crippen molar-refractivity contribution in [2.45, 2.75) is 25.9 Å². The molecular weight excluding hydrogens is 272 g/mol. The number of ether oxygens (including phenoxy) is 1. The summed E-state index contributed by atoms with van der Waals surface area (Å²) in [5.41, 5.74) is 2.02. The van der Waals surface area contributed by atoms with Gasteiger partial charge in [0.15, 0.2) is 0 Å². The minimum Gasteiger partial charge on any atom is -0.392 e. The Hall–Kier alpha value is -0.390. The summed E-state index contributed by atoms with van der Waals surface area (Å²) in [6, 6.07) is 0. The normalized spacial score (nSPS) is 22.6. The van der Waals surface area contributed by atoms with Crippen LogP contribution in [0.2, 0.25) is 0 Å². The lowest BCUT2D eigenvalue weighted by molar-refractivity contribution is 0.0902. The third-order valence-electron chi connectivity index (χ3n) is 3.17. The van der Waals surface area contributed by atoms with Crippen LogP contribution in [0.15, 0.2) is 4.47 Å². The number of nitrogens with zero attached hydrogens (tertiary/aromatic N) is 2. The van der Waals surface area contributed by atoms with E-state index in [0.29, 0.717) is 13.0 Å². The Morgan fingerprint density at radius 1 is 1.69 bits per heavy atom. The van der Waals surface area contributed by atoms with Gasteiger partial charge in [-0.2, -0.15) is 5.10 Å². The Morgan fingerprint density at radius 3 is 2.94 bits per heavy atom. The molecule has 5 heteroatoms. The molecule has 2 unspecified atom stereocenters. The number of aromatic nitrogens is 2. The zero-order chi connectivity index (χ0) is 11.7. The van der Waals surface area contributed by atoms with Crippen LogP contribution in [0.1, 0.15) is 17.8 Å². The summed E-state index contributed by atoms with van der Waals surface area (Å²) < 4.78 is 8.13. The van der Waals surface area contributed by atoms with Crippen LogP contribution in [-0.4, -0.2) is 34.2 Å². The predicted molar refractivity (Wildman–Crippen MR) is 64.3 cm³/mol. The lowest BCUT2D eigenvalue weighted by Gasteiger charge is -2.16. The van der Waals surface area contributed by atoms with E-state index in [0.717, 1.165) is 28.9 Å². The first-order chi connectivity index (χ1) is 7.59. The van der Waals surface area contributed by atoms with Gasteiger partial charge >= 0.3 is 0 Å². The molecule has 2 atom stereocenters. The van der Waals surface area contributed by atoms with Crippen molar-refractivity contribution in [3.05, 3.63) is 15.9 Å². The maximum Gasteiger partial charge on any atom is 0.0738 e. The summed E-state index contributed by atoms with van der Waals surface area (Å²) in [4.78, 5) is 0. The number of hydrogen-bond acceptors (Lipinski definition) is 3. The molecule has 1 fully saturated rings. The Balaban J connectivity index is 2.07. The Labute approximate surface area is 104 Å². The van der Waals surface area contributed by atoms with Gasteiger partial charge in [0.2, 0.25) is 0 Å². The summed E-state index contributed by atoms with van der Waals surface area (Å²) in [6.45, 7) is 3.40. The summed E-state index contributed by atoms with van der Waals surface area (Å²) in [6.07, 6.45) is 1.25. The molecule has 1 aromatic rings. The van der Waals surface area contributed by atoms with Gasteiger partial charge in [-0.25, -0.2) is 0 Å². The lowest BCUT2D eigenvalue weighted by atomic mass is 9.98. The van der Waals surface area contributed by atoms with Crippen LogP contribution in [0.5, 0.6) is 0 Å². The third kappa shape index (κ3) is 2.31. The molecule has 0 bridgehead atoms. The van der Waals surface area contributed by atoms with E-state index in [2.05, 4.69) is 21.0 Å². The van der Waals surface area contributed by atoms with Gasteiger partial charge in [-0.1, -0.05) is 0 Å². The molecule has 2 rings (SSSR count). The second-order valence-corrected chi connectivity index (χ2v) is 5.16. The topological polar surface area (TPSA) is 47.3 Å². The standard InChI is InChI=1S/C11H17BrN2O2/c1-7-11(12)9(14(2)13-7)5-10(15)8-3-4-16-6-8/h8,10,15H,3-6H2,1-2H3. The van der Waals surface area contributed by atoms with Gasteiger partial charge in [-0.15, -0.1) is 0 Å². The fourth-order valence-corrected chi connectivity index (χ4v) is 2.62. The van der Waals surface area contributed by atoms with Gasteiger partial charge in [0, 0.05) is 26.0 Å². The molecule has 90 valence electrons. The fraction of sp³-hybridized carbons (Fsp3) is 0.727. The van der Waals surface area contributed by atoms with Crippen molar-refractivity contribution >= 4 is 15.9 Å². The lowest BCUT2D eigenvalue weighted by Crippen LogP contribution is -2.24. The van der Waals surface area contributed by atoms with Gasteiger partial charge in [-0.3, -0.25) is 4.68 Å². The van der Waals surface area contributed by atoms with E-state index in [9.17, 15) is 5.11 Å². The van der Waals surface area contributed by atoms with Gasteiger partial charge in [0.25, 0.3) is 0 Å². The van der Waals surface area contributed by atoms with Crippen molar-refractivity contribution < 1.29 is 9.84 Å². The molecule has 1 aliphatic rings. The first-order valence-corrected chi connectivity index (χ1v) is 6.32. The smallest absolute Gasteiger partial charge is 0.0738 e. The van der Waals surface area contributed by atoms with E-state index < -0.39 is 0 Å². The highest BCUT2D eigenvalue weighted by Gasteiger charge is 2.26. The highest BCUT2D eigenvalue weighted by molar-refractivity contribution is 9.10. The first-order valence-electron chi connectivity index (χ1n) is 5.53. The maximum atomic E-state index is 10.1. The molecule has 2 heterocycles. The van der Waals surface area contributed by atoms with Gasteiger partial charge < -0.3 is 9.84 Å². The first kappa shape index (κ1) is 12.1. The minimum atomic E-state index is -0.339. The van der Waals surface area contributed by atoms with Crippen molar-refractivity contribution in [1.82, 2.24) is 9.78 Å². The molecule has 1 aromatic heterocycles. The number of hydrogen-bond donors (Lipinski definition) is 1. The number of aliphatic hydroxyl groups is 1. The van der Waals surface area contributed by atoms with Crippen molar-refractivity contribution in [2.75, 3.05) is 13.2 Å². The molecule has 0 spiro atoms. The highest BCUT2D eigenvalue weighted by Crippen LogP contribution is 2.25. The average Bonchev–Trinajstić information content (AvgIpc) is 2.83. The summed E-state index contributed by atoms with van der Waals surface area (Å²) >= 11 is 3.51. The molecule has 1 N–H and O–H groups in total. The monoisotopic (exact) mass is 288 g/mol. The Kier molecular flexibility index (Phi) is 3.66. The molecule has 0 aliphatic carbocycles. The second-order valence-electron chi connectivity index (χ2n) is 4.36. The van der Waals surface area contributed by atoms with Crippen LogP contribution in [0, 0.1) is 12.8 Å². The fourth-order valence-electron chi connectivity index (χ4n) is 2.12. The zero-order valence-corrected chi connectivity index (χ0v) is 11.2. The minimum absolute atomic E-state index is 0.266. The summed E-state index contributed by atoms with van der Waals surface area (Å²) in [5.74, 6) is 0.266. The van der Waals surface area contributed by atoms with E-state index >= 15 is 0 Å². The molecular formula is C11H17BrN2O2. The molecule has 4 nitrogen and oxygen atoms in total. The number of rotatable bonds is 3. The van der Waals surface area contributed by atoms with Crippen LogP contribution >= 0.6 is 15.9 Å². The largest absolute Gasteiger partial charge is 0.392 e. The van der Waals surface area contributed by atoms with E-state index in [1.54, 1.807) is 0 Å². The number of aryl methyl sites for hydroxylation is 2. The molecule has 0 amide bonds. The van der Waals surface area contributed by atoms with E-state index in [1.807, 2.05) is 18.7 Å². The summed E-state index contributed by atoms with van der Waals surface area (Å²) in [5, 5.41) is 14.4. The van der Waals surface area contributed by atoms with Gasteiger partial charge in [-0.05, 0) is 29.3 Å². The van der Waals surface area contributed by atoms with Gasteiger partial charge in [0.1, 0.15) is 0 Å². The van der Waals surface area contributed by atoms with Crippen LogP contribution in [0.25, 0.3) is 0 Å². The molecule has 0 aromatic carbocycles. The molecule has 16 heavy (non-hydrogen) atoms. The quantitative estimate of drug-likeness (QED) is 0.915. The van der Waals surface area contributed by atoms with Crippen molar-refractivity contribution in [3.8, 4) is 0 Å². The molecule has 1 saturated heterocycles.